The SMILES string of the molecule is CC[C@H](Nc1ncnc2scnc12)c1nc2cccc(Cl)c2c(=O)n1N1CCN(C(C)(C)C)CC1. The van der Waals surface area contributed by atoms with Crippen LogP contribution in [-0.2, 0) is 0 Å². The fraction of sp³-hybridized carbons (Fsp3) is 0.458. The van der Waals surface area contributed by atoms with E-state index in [0.29, 0.717) is 52.6 Å². The van der Waals surface area contributed by atoms with E-state index < -0.39 is 0 Å². The first kappa shape index (κ1) is 23.9. The second-order valence-electron chi connectivity index (χ2n) is 9.67. The number of nitrogens with zero attached hydrogens (tertiary/aromatic N) is 7. The van der Waals surface area contributed by atoms with E-state index in [0.717, 1.165) is 17.9 Å². The molecule has 4 aromatic rings. The zero-order chi connectivity index (χ0) is 24.7. The molecular formula is C24H29ClN8OS. The molecule has 0 radical (unpaired) electrons. The molecule has 3 aromatic heterocycles. The molecule has 1 aromatic carbocycles. The van der Waals surface area contributed by atoms with Crippen molar-refractivity contribution in [1.82, 2.24) is 29.5 Å². The maximum absolute atomic E-state index is 13.9. The molecule has 11 heteroatoms. The van der Waals surface area contributed by atoms with Crippen LogP contribution in [0.1, 0.15) is 46.0 Å². The predicted molar refractivity (Wildman–Crippen MR) is 142 cm³/mol. The fourth-order valence-electron chi connectivity index (χ4n) is 4.58. The summed E-state index contributed by atoms with van der Waals surface area (Å²) in [7, 11) is 0. The largest absolute Gasteiger partial charge is 0.358 e. The standard InChI is InChI=1S/C24H29ClN8OS/c1-5-16(29-20-19-22(27-13-26-20)35-14-28-19)21-30-17-8-6-7-15(25)18(17)23(34)33(21)32-11-9-31(10-12-32)24(2,3)4/h6-8,13-14,16H,5,9-12H2,1-4H3,(H,26,27,29)/t16-/m0/s1. The molecule has 0 aliphatic carbocycles. The summed E-state index contributed by atoms with van der Waals surface area (Å²) in [4.78, 5) is 35.3. The van der Waals surface area contributed by atoms with Crippen molar-refractivity contribution < 1.29 is 0 Å². The van der Waals surface area contributed by atoms with E-state index in [4.69, 9.17) is 16.6 Å². The highest BCUT2D eigenvalue weighted by Gasteiger charge is 2.30. The van der Waals surface area contributed by atoms with Gasteiger partial charge in [0.1, 0.15) is 16.7 Å². The molecule has 4 heterocycles. The molecule has 0 amide bonds. The minimum atomic E-state index is -0.272. The van der Waals surface area contributed by atoms with Gasteiger partial charge in [0, 0.05) is 31.7 Å². The molecule has 9 nitrogen and oxygen atoms in total. The van der Waals surface area contributed by atoms with Crippen molar-refractivity contribution in [3.05, 3.63) is 51.2 Å². The average molecular weight is 513 g/mol. The van der Waals surface area contributed by atoms with Crippen LogP contribution in [0.2, 0.25) is 5.02 Å². The molecule has 1 saturated heterocycles. The molecule has 35 heavy (non-hydrogen) atoms. The first-order chi connectivity index (χ1) is 16.8. The lowest BCUT2D eigenvalue weighted by atomic mass is 10.1. The van der Waals surface area contributed by atoms with Crippen LogP contribution in [0.15, 0.2) is 34.8 Å². The Hall–Kier alpha value is -2.82. The molecule has 1 atom stereocenters. The van der Waals surface area contributed by atoms with Crippen LogP contribution in [-0.4, -0.2) is 61.2 Å². The van der Waals surface area contributed by atoms with Gasteiger partial charge < -0.3 is 10.3 Å². The predicted octanol–water partition coefficient (Wildman–Crippen LogP) is 4.06. The molecule has 5 rings (SSSR count). The third kappa shape index (κ3) is 4.46. The minimum absolute atomic E-state index is 0.0737. The number of rotatable bonds is 5. The van der Waals surface area contributed by atoms with Gasteiger partial charge in [0.2, 0.25) is 0 Å². The number of thiazole rings is 1. The maximum Gasteiger partial charge on any atom is 0.281 e. The third-order valence-corrected chi connectivity index (χ3v) is 7.55. The van der Waals surface area contributed by atoms with Crippen LogP contribution in [0.25, 0.3) is 21.3 Å². The highest BCUT2D eigenvalue weighted by atomic mass is 35.5. The number of hydrogen-bond donors (Lipinski definition) is 1. The van der Waals surface area contributed by atoms with E-state index in [9.17, 15) is 4.79 Å². The van der Waals surface area contributed by atoms with Crippen molar-refractivity contribution in [1.29, 1.82) is 0 Å². The Morgan fingerprint density at radius 3 is 2.63 bits per heavy atom. The van der Waals surface area contributed by atoms with Crippen LogP contribution in [0, 0.1) is 0 Å². The van der Waals surface area contributed by atoms with Gasteiger partial charge in [-0.15, -0.1) is 11.3 Å². The fourth-order valence-corrected chi connectivity index (χ4v) is 5.46. The Morgan fingerprint density at radius 1 is 1.14 bits per heavy atom. The summed E-state index contributed by atoms with van der Waals surface area (Å²) in [5.41, 5.74) is 2.98. The summed E-state index contributed by atoms with van der Waals surface area (Å²) in [6.45, 7) is 11.8. The summed E-state index contributed by atoms with van der Waals surface area (Å²) < 4.78 is 1.73. The summed E-state index contributed by atoms with van der Waals surface area (Å²) in [5.74, 6) is 1.27. The van der Waals surface area contributed by atoms with Gasteiger partial charge >= 0.3 is 0 Å². The third-order valence-electron chi connectivity index (χ3n) is 6.50. The average Bonchev–Trinajstić information content (AvgIpc) is 3.32. The smallest absolute Gasteiger partial charge is 0.281 e. The van der Waals surface area contributed by atoms with E-state index in [1.807, 2.05) is 12.1 Å². The Labute approximate surface area is 212 Å². The Bertz CT molecular complexity index is 1420. The first-order valence-corrected chi connectivity index (χ1v) is 13.1. The molecule has 1 aliphatic heterocycles. The Balaban J connectivity index is 1.61. The second-order valence-corrected chi connectivity index (χ2v) is 10.9. The lowest BCUT2D eigenvalue weighted by Gasteiger charge is -2.43. The molecule has 184 valence electrons. The van der Waals surface area contributed by atoms with E-state index in [2.05, 4.69) is 57.9 Å². The topological polar surface area (TPSA) is 92.1 Å². The number of aromatic nitrogens is 5. The molecule has 1 fully saturated rings. The normalized spacial score (nSPS) is 16.2. The Morgan fingerprint density at radius 2 is 1.91 bits per heavy atom. The van der Waals surface area contributed by atoms with Crippen LogP contribution in [0.5, 0.6) is 0 Å². The number of anilines is 1. The number of fused-ring (bicyclic) bond motifs is 2. The van der Waals surface area contributed by atoms with Gasteiger partial charge in [-0.1, -0.05) is 24.6 Å². The van der Waals surface area contributed by atoms with Crippen LogP contribution >= 0.6 is 22.9 Å². The van der Waals surface area contributed by atoms with E-state index in [-0.39, 0.29) is 17.1 Å². The van der Waals surface area contributed by atoms with Gasteiger partial charge in [0.25, 0.3) is 5.56 Å². The Kier molecular flexibility index (Phi) is 6.37. The van der Waals surface area contributed by atoms with Crippen molar-refractivity contribution >= 4 is 50.0 Å². The van der Waals surface area contributed by atoms with Gasteiger partial charge in [-0.3, -0.25) is 9.69 Å². The molecule has 1 aliphatic rings. The van der Waals surface area contributed by atoms with E-state index >= 15 is 0 Å². The van der Waals surface area contributed by atoms with Gasteiger partial charge in [-0.2, -0.15) is 0 Å². The minimum Gasteiger partial charge on any atom is -0.358 e. The van der Waals surface area contributed by atoms with Crippen molar-refractivity contribution in [2.75, 3.05) is 36.5 Å². The molecular weight excluding hydrogens is 484 g/mol. The zero-order valence-electron chi connectivity index (χ0n) is 20.3. The molecule has 0 spiro atoms. The molecule has 0 unspecified atom stereocenters. The van der Waals surface area contributed by atoms with Crippen molar-refractivity contribution in [2.24, 2.45) is 0 Å². The maximum atomic E-state index is 13.9. The van der Waals surface area contributed by atoms with Gasteiger partial charge in [-0.05, 0) is 39.3 Å². The molecule has 1 N–H and O–H groups in total. The summed E-state index contributed by atoms with van der Waals surface area (Å²) in [5, 5.41) is 6.44. The quantitative estimate of drug-likeness (QED) is 0.428. The van der Waals surface area contributed by atoms with Crippen molar-refractivity contribution in [3.8, 4) is 0 Å². The van der Waals surface area contributed by atoms with Crippen LogP contribution in [0.3, 0.4) is 0 Å². The summed E-state index contributed by atoms with van der Waals surface area (Å²) >= 11 is 7.95. The molecule has 0 saturated carbocycles. The second kappa shape index (κ2) is 9.33. The van der Waals surface area contributed by atoms with Gasteiger partial charge in [-0.25, -0.2) is 24.6 Å². The highest BCUT2D eigenvalue weighted by Crippen LogP contribution is 2.28. The highest BCUT2D eigenvalue weighted by molar-refractivity contribution is 7.16. The molecule has 0 bridgehead atoms. The first-order valence-electron chi connectivity index (χ1n) is 11.8. The van der Waals surface area contributed by atoms with E-state index in [1.54, 1.807) is 16.3 Å². The summed E-state index contributed by atoms with van der Waals surface area (Å²) in [6, 6.07) is 5.13. The lowest BCUT2D eigenvalue weighted by molar-refractivity contribution is 0.119. The van der Waals surface area contributed by atoms with Gasteiger partial charge in [0.05, 0.1) is 27.5 Å². The van der Waals surface area contributed by atoms with Crippen LogP contribution in [0.4, 0.5) is 5.82 Å². The number of piperazine rings is 1. The van der Waals surface area contributed by atoms with Crippen molar-refractivity contribution in [3.63, 3.8) is 0 Å². The van der Waals surface area contributed by atoms with Crippen molar-refractivity contribution in [2.45, 2.75) is 45.7 Å². The number of benzene rings is 1. The van der Waals surface area contributed by atoms with Gasteiger partial charge in [0.15, 0.2) is 11.6 Å². The van der Waals surface area contributed by atoms with E-state index in [1.165, 1.54) is 17.7 Å². The number of nitrogens with one attached hydrogen (secondary N) is 1. The van der Waals surface area contributed by atoms with Crippen LogP contribution < -0.4 is 15.9 Å². The number of hydrogen-bond acceptors (Lipinski definition) is 9. The number of halogens is 1. The monoisotopic (exact) mass is 512 g/mol. The zero-order valence-corrected chi connectivity index (χ0v) is 21.9. The lowest BCUT2D eigenvalue weighted by Crippen LogP contribution is -2.59. The summed E-state index contributed by atoms with van der Waals surface area (Å²) in [6.07, 6.45) is 2.22.